The van der Waals surface area contributed by atoms with Crippen molar-refractivity contribution in [3.05, 3.63) is 24.3 Å². The van der Waals surface area contributed by atoms with E-state index >= 15 is 0 Å². The standard InChI is InChI=1S/C54H103NO5/c1-3-5-7-9-11-13-15-17-18-19-24-28-32-36-40-44-48-54(59)60-49-45-41-37-33-29-25-21-20-23-27-31-35-39-43-47-53(58)55-51(50-56)52(57)46-42-38-34-30-26-22-16-14-12-10-8-6-4-2/h13,15,18-19,51-52,56-57H,3-12,14,16-17,20-50H2,1-2H3,(H,55,58)/b15-13-,19-18-. The van der Waals surface area contributed by atoms with Gasteiger partial charge in [-0.25, -0.2) is 0 Å². The average Bonchev–Trinajstić information content (AvgIpc) is 3.25. The third-order valence-corrected chi connectivity index (χ3v) is 12.3. The summed E-state index contributed by atoms with van der Waals surface area (Å²) in [5, 5.41) is 23.2. The first kappa shape index (κ1) is 58.3. The van der Waals surface area contributed by atoms with Crippen LogP contribution in [0, 0.1) is 0 Å². The van der Waals surface area contributed by atoms with Crippen LogP contribution in [0.2, 0.25) is 0 Å². The quantitative estimate of drug-likeness (QED) is 0.0322. The largest absolute Gasteiger partial charge is 0.466 e. The topological polar surface area (TPSA) is 95.9 Å². The molecule has 0 saturated carbocycles. The van der Waals surface area contributed by atoms with E-state index in [0.717, 1.165) is 57.8 Å². The predicted molar refractivity (Wildman–Crippen MR) is 260 cm³/mol. The number of carbonyl (C=O) groups is 2. The minimum Gasteiger partial charge on any atom is -0.466 e. The molecule has 6 nitrogen and oxygen atoms in total. The Morgan fingerprint density at radius 2 is 0.833 bits per heavy atom. The van der Waals surface area contributed by atoms with Crippen molar-refractivity contribution in [2.75, 3.05) is 13.2 Å². The van der Waals surface area contributed by atoms with E-state index in [0.29, 0.717) is 25.9 Å². The molecule has 354 valence electrons. The number of aliphatic hydroxyl groups is 2. The Labute approximate surface area is 373 Å². The molecule has 0 aromatic heterocycles. The zero-order chi connectivity index (χ0) is 43.7. The lowest BCUT2D eigenvalue weighted by Crippen LogP contribution is -2.45. The molecule has 0 aliphatic heterocycles. The molecule has 0 bridgehead atoms. The van der Waals surface area contributed by atoms with E-state index in [-0.39, 0.29) is 18.5 Å². The van der Waals surface area contributed by atoms with E-state index in [1.807, 2.05) is 0 Å². The molecule has 0 aliphatic carbocycles. The van der Waals surface area contributed by atoms with Crippen molar-refractivity contribution in [2.24, 2.45) is 0 Å². The van der Waals surface area contributed by atoms with Gasteiger partial charge >= 0.3 is 5.97 Å². The average molecular weight is 846 g/mol. The molecule has 0 aliphatic rings. The molecular weight excluding hydrogens is 743 g/mol. The second-order valence-electron chi connectivity index (χ2n) is 18.2. The van der Waals surface area contributed by atoms with Crippen LogP contribution in [0.5, 0.6) is 0 Å². The van der Waals surface area contributed by atoms with Crippen molar-refractivity contribution in [1.29, 1.82) is 0 Å². The van der Waals surface area contributed by atoms with Crippen molar-refractivity contribution in [2.45, 2.75) is 296 Å². The Morgan fingerprint density at radius 1 is 0.467 bits per heavy atom. The Hall–Kier alpha value is -1.66. The van der Waals surface area contributed by atoms with Crippen LogP contribution in [-0.2, 0) is 14.3 Å². The minimum atomic E-state index is -0.671. The smallest absolute Gasteiger partial charge is 0.305 e. The molecule has 6 heteroatoms. The lowest BCUT2D eigenvalue weighted by molar-refractivity contribution is -0.143. The zero-order valence-corrected chi connectivity index (χ0v) is 40.2. The molecule has 0 saturated heterocycles. The van der Waals surface area contributed by atoms with Gasteiger partial charge in [0.1, 0.15) is 0 Å². The summed E-state index contributed by atoms with van der Waals surface area (Å²) in [4.78, 5) is 24.5. The Morgan fingerprint density at radius 3 is 1.28 bits per heavy atom. The van der Waals surface area contributed by atoms with Crippen LogP contribution < -0.4 is 5.32 Å². The number of esters is 1. The van der Waals surface area contributed by atoms with Crippen LogP contribution in [0.25, 0.3) is 0 Å². The molecule has 1 amide bonds. The SMILES string of the molecule is CCCCCC/C=C\C/C=C\CCCCCCCC(=O)OCCCCCCCCCCCCCCCCC(=O)NC(CO)C(O)CCCCCCCCCCCCCCC. The number of unbranched alkanes of at least 4 members (excludes halogenated alkanes) is 34. The normalized spacial score (nSPS) is 12.8. The Balaban J connectivity index is 3.44. The summed E-state index contributed by atoms with van der Waals surface area (Å²) in [5.74, 6) is -0.0618. The van der Waals surface area contributed by atoms with Crippen molar-refractivity contribution in [3.8, 4) is 0 Å². The van der Waals surface area contributed by atoms with Gasteiger partial charge in [0, 0.05) is 12.8 Å². The molecular formula is C54H103NO5. The van der Waals surface area contributed by atoms with Gasteiger partial charge in [-0.1, -0.05) is 237 Å². The van der Waals surface area contributed by atoms with Gasteiger partial charge in [-0.05, 0) is 57.8 Å². The van der Waals surface area contributed by atoms with Gasteiger partial charge in [0.2, 0.25) is 5.91 Å². The number of nitrogens with one attached hydrogen (secondary N) is 1. The lowest BCUT2D eigenvalue weighted by Gasteiger charge is -2.22. The van der Waals surface area contributed by atoms with Gasteiger partial charge in [-0.2, -0.15) is 0 Å². The second-order valence-corrected chi connectivity index (χ2v) is 18.2. The lowest BCUT2D eigenvalue weighted by atomic mass is 10.0. The predicted octanol–water partition coefficient (Wildman–Crippen LogP) is 15.9. The number of hydrogen-bond acceptors (Lipinski definition) is 5. The second kappa shape index (κ2) is 50.0. The number of rotatable bonds is 49. The highest BCUT2D eigenvalue weighted by molar-refractivity contribution is 5.76. The monoisotopic (exact) mass is 846 g/mol. The van der Waals surface area contributed by atoms with Gasteiger partial charge in [0.05, 0.1) is 25.4 Å². The van der Waals surface area contributed by atoms with E-state index in [1.165, 1.54) is 193 Å². The van der Waals surface area contributed by atoms with Crippen molar-refractivity contribution < 1.29 is 24.5 Å². The summed E-state index contributed by atoms with van der Waals surface area (Å²) in [5.41, 5.74) is 0. The van der Waals surface area contributed by atoms with E-state index in [1.54, 1.807) is 0 Å². The molecule has 0 heterocycles. The van der Waals surface area contributed by atoms with Crippen LogP contribution in [-0.4, -0.2) is 47.4 Å². The Kier molecular flexibility index (Phi) is 48.6. The minimum absolute atomic E-state index is 0.0156. The molecule has 2 atom stereocenters. The number of amides is 1. The first-order valence-electron chi connectivity index (χ1n) is 26.6. The summed E-state index contributed by atoms with van der Waals surface area (Å²) >= 11 is 0. The summed E-state index contributed by atoms with van der Waals surface area (Å²) in [6.07, 6.45) is 58.6. The fourth-order valence-electron chi connectivity index (χ4n) is 8.14. The van der Waals surface area contributed by atoms with Crippen LogP contribution in [0.1, 0.15) is 284 Å². The van der Waals surface area contributed by atoms with Crippen LogP contribution in [0.3, 0.4) is 0 Å². The highest BCUT2D eigenvalue weighted by atomic mass is 16.5. The maximum Gasteiger partial charge on any atom is 0.305 e. The van der Waals surface area contributed by atoms with E-state index in [9.17, 15) is 19.8 Å². The highest BCUT2D eigenvalue weighted by Crippen LogP contribution is 2.16. The maximum atomic E-state index is 12.4. The summed E-state index contributed by atoms with van der Waals surface area (Å²) < 4.78 is 5.46. The first-order valence-corrected chi connectivity index (χ1v) is 26.6. The highest BCUT2D eigenvalue weighted by Gasteiger charge is 2.20. The third-order valence-electron chi connectivity index (χ3n) is 12.3. The summed E-state index contributed by atoms with van der Waals surface area (Å²) in [6, 6.07) is -0.549. The molecule has 3 N–H and O–H groups in total. The third kappa shape index (κ3) is 45.9. The number of carbonyl (C=O) groups excluding carboxylic acids is 2. The molecule has 0 rings (SSSR count). The van der Waals surface area contributed by atoms with Gasteiger partial charge in [-0.3, -0.25) is 9.59 Å². The van der Waals surface area contributed by atoms with E-state index in [2.05, 4.69) is 43.5 Å². The number of allylic oxidation sites excluding steroid dienone is 4. The molecule has 60 heavy (non-hydrogen) atoms. The van der Waals surface area contributed by atoms with Gasteiger partial charge in [0.15, 0.2) is 0 Å². The van der Waals surface area contributed by atoms with Crippen LogP contribution in [0.15, 0.2) is 24.3 Å². The molecule has 0 spiro atoms. The van der Waals surface area contributed by atoms with Crippen molar-refractivity contribution in [1.82, 2.24) is 5.32 Å². The number of aliphatic hydroxyl groups excluding tert-OH is 2. The Bertz CT molecular complexity index is 935. The summed E-state index contributed by atoms with van der Waals surface area (Å²) in [6.45, 7) is 4.91. The zero-order valence-electron chi connectivity index (χ0n) is 40.2. The molecule has 0 aromatic rings. The molecule has 2 unspecified atom stereocenters. The van der Waals surface area contributed by atoms with Crippen molar-refractivity contribution in [3.63, 3.8) is 0 Å². The van der Waals surface area contributed by atoms with Crippen LogP contribution >= 0.6 is 0 Å². The molecule has 0 aromatic carbocycles. The number of ether oxygens (including phenoxy) is 1. The fraction of sp³-hybridized carbons (Fsp3) is 0.889. The van der Waals surface area contributed by atoms with Gasteiger partial charge < -0.3 is 20.3 Å². The fourth-order valence-corrected chi connectivity index (χ4v) is 8.14. The van der Waals surface area contributed by atoms with Crippen LogP contribution in [0.4, 0.5) is 0 Å². The van der Waals surface area contributed by atoms with E-state index < -0.39 is 12.1 Å². The summed E-state index contributed by atoms with van der Waals surface area (Å²) in [7, 11) is 0. The van der Waals surface area contributed by atoms with Crippen molar-refractivity contribution >= 4 is 11.9 Å². The maximum absolute atomic E-state index is 12.4. The van der Waals surface area contributed by atoms with E-state index in [4.69, 9.17) is 4.74 Å². The number of hydrogen-bond donors (Lipinski definition) is 3. The van der Waals surface area contributed by atoms with Gasteiger partial charge in [0.25, 0.3) is 0 Å². The molecule has 0 fully saturated rings. The first-order chi connectivity index (χ1) is 29.5. The molecule has 0 radical (unpaired) electrons. The van der Waals surface area contributed by atoms with Gasteiger partial charge in [-0.15, -0.1) is 0 Å².